The summed E-state index contributed by atoms with van der Waals surface area (Å²) >= 11 is 0. The number of nitrogens with one attached hydrogen (secondary N) is 1. The van der Waals surface area contributed by atoms with Crippen LogP contribution in [-0.2, 0) is 4.79 Å². The Balaban J connectivity index is 1.90. The van der Waals surface area contributed by atoms with E-state index < -0.39 is 11.9 Å². The lowest BCUT2D eigenvalue weighted by Crippen LogP contribution is -2.31. The highest BCUT2D eigenvalue weighted by Crippen LogP contribution is 2.44. The third kappa shape index (κ3) is 3.79. The van der Waals surface area contributed by atoms with Crippen molar-refractivity contribution in [2.45, 2.75) is 13.0 Å². The van der Waals surface area contributed by atoms with E-state index in [-0.39, 0.29) is 0 Å². The monoisotopic (exact) mass is 451 g/mol. The van der Waals surface area contributed by atoms with Crippen LogP contribution in [0.5, 0.6) is 23.0 Å². The number of ether oxygens (including phenoxy) is 4. The number of nitrogens with two attached hydrogens (primary N) is 1. The minimum atomic E-state index is -0.660. The molecule has 172 valence electrons. The minimum absolute atomic E-state index is 0.350. The molecule has 0 saturated heterocycles. The predicted molar refractivity (Wildman–Crippen MR) is 122 cm³/mol. The second-order valence-corrected chi connectivity index (χ2v) is 7.32. The molecule has 4 rings (SSSR count). The van der Waals surface area contributed by atoms with Crippen LogP contribution in [0.25, 0.3) is 11.4 Å². The third-order valence-electron chi connectivity index (χ3n) is 5.47. The minimum Gasteiger partial charge on any atom is -0.497 e. The molecule has 1 aliphatic heterocycles. The molecule has 1 aliphatic rings. The van der Waals surface area contributed by atoms with Gasteiger partial charge in [0.25, 0.3) is 0 Å². The molecule has 0 radical (unpaired) electrons. The van der Waals surface area contributed by atoms with Crippen LogP contribution < -0.4 is 30.0 Å². The maximum Gasteiger partial charge on any atom is 0.248 e. The topological polar surface area (TPSA) is 123 Å². The number of hydrogen-bond acceptors (Lipinski definition) is 8. The Hall–Kier alpha value is -4.21. The first-order valence-corrected chi connectivity index (χ1v) is 10.1. The SMILES string of the molecule is COc1ccc(-c2nc3n(n2)[C@H](c2cc(OC)c(OC)c(OC)c2)C(C(N)=O)=C(C)N3)cc1. The van der Waals surface area contributed by atoms with Crippen LogP contribution in [0, 0.1) is 0 Å². The normalized spacial score (nSPS) is 14.9. The molecule has 1 atom stereocenters. The number of aromatic nitrogens is 3. The lowest BCUT2D eigenvalue weighted by molar-refractivity contribution is -0.115. The van der Waals surface area contributed by atoms with Gasteiger partial charge in [-0.3, -0.25) is 4.79 Å². The van der Waals surface area contributed by atoms with E-state index in [1.807, 2.05) is 24.3 Å². The number of allylic oxidation sites excluding steroid dienone is 1. The fraction of sp³-hybridized carbons (Fsp3) is 0.261. The Morgan fingerprint density at radius 3 is 2.15 bits per heavy atom. The van der Waals surface area contributed by atoms with Crippen LogP contribution in [-0.4, -0.2) is 49.1 Å². The zero-order chi connectivity index (χ0) is 23.7. The molecule has 0 unspecified atom stereocenters. The van der Waals surface area contributed by atoms with Gasteiger partial charge in [-0.25, -0.2) is 4.68 Å². The number of hydrogen-bond donors (Lipinski definition) is 2. The van der Waals surface area contributed by atoms with Crippen molar-refractivity contribution in [3.8, 4) is 34.4 Å². The number of primary amides is 1. The quantitative estimate of drug-likeness (QED) is 0.562. The molecule has 1 amide bonds. The van der Waals surface area contributed by atoms with Gasteiger partial charge in [-0.1, -0.05) is 0 Å². The van der Waals surface area contributed by atoms with Gasteiger partial charge < -0.3 is 30.0 Å². The maximum atomic E-state index is 12.5. The van der Waals surface area contributed by atoms with Gasteiger partial charge in [0.15, 0.2) is 17.3 Å². The molecular weight excluding hydrogens is 426 g/mol. The number of fused-ring (bicyclic) bond motifs is 1. The molecule has 3 N–H and O–H groups in total. The van der Waals surface area contributed by atoms with Crippen LogP contribution in [0.2, 0.25) is 0 Å². The van der Waals surface area contributed by atoms with Crippen LogP contribution in [0.15, 0.2) is 47.7 Å². The number of rotatable bonds is 7. The summed E-state index contributed by atoms with van der Waals surface area (Å²) in [5.74, 6) is 2.44. The van der Waals surface area contributed by atoms with Crippen molar-refractivity contribution >= 4 is 11.9 Å². The summed E-state index contributed by atoms with van der Waals surface area (Å²) in [6.45, 7) is 1.77. The molecule has 0 fully saturated rings. The molecule has 1 aromatic heterocycles. The summed E-state index contributed by atoms with van der Waals surface area (Å²) < 4.78 is 23.3. The Morgan fingerprint density at radius 2 is 1.64 bits per heavy atom. The molecule has 2 heterocycles. The van der Waals surface area contributed by atoms with Gasteiger partial charge in [-0.2, -0.15) is 4.98 Å². The van der Waals surface area contributed by atoms with E-state index >= 15 is 0 Å². The summed E-state index contributed by atoms with van der Waals surface area (Å²) in [6, 6.07) is 10.3. The van der Waals surface area contributed by atoms with E-state index in [9.17, 15) is 4.79 Å². The summed E-state index contributed by atoms with van der Waals surface area (Å²) in [7, 11) is 6.19. The summed E-state index contributed by atoms with van der Waals surface area (Å²) in [6.07, 6.45) is 0. The molecule has 0 aliphatic carbocycles. The van der Waals surface area contributed by atoms with E-state index in [1.54, 1.807) is 30.8 Å². The molecule has 10 heteroatoms. The zero-order valence-corrected chi connectivity index (χ0v) is 19.0. The van der Waals surface area contributed by atoms with Crippen LogP contribution in [0.4, 0.5) is 5.95 Å². The summed E-state index contributed by atoms with van der Waals surface area (Å²) in [4.78, 5) is 17.1. The van der Waals surface area contributed by atoms with Crippen molar-refractivity contribution in [3.05, 3.63) is 53.2 Å². The molecule has 2 aromatic carbocycles. The fourth-order valence-corrected chi connectivity index (χ4v) is 3.90. The van der Waals surface area contributed by atoms with Crippen molar-refractivity contribution in [2.75, 3.05) is 33.8 Å². The summed E-state index contributed by atoms with van der Waals surface area (Å²) in [5.41, 5.74) is 8.19. The highest BCUT2D eigenvalue weighted by Gasteiger charge is 2.34. The van der Waals surface area contributed by atoms with Crippen molar-refractivity contribution in [2.24, 2.45) is 5.73 Å². The smallest absolute Gasteiger partial charge is 0.248 e. The number of benzene rings is 2. The van der Waals surface area contributed by atoms with Gasteiger partial charge >= 0.3 is 0 Å². The van der Waals surface area contributed by atoms with E-state index in [1.165, 1.54) is 21.3 Å². The molecule has 10 nitrogen and oxygen atoms in total. The van der Waals surface area contributed by atoms with Crippen LogP contribution in [0.1, 0.15) is 18.5 Å². The molecule has 3 aromatic rings. The molecule has 0 bridgehead atoms. The Labute approximate surface area is 190 Å². The Bertz CT molecular complexity index is 1210. The average Bonchev–Trinajstić information content (AvgIpc) is 3.25. The lowest BCUT2D eigenvalue weighted by Gasteiger charge is -2.28. The second kappa shape index (κ2) is 8.73. The first-order chi connectivity index (χ1) is 15.9. The molecule has 0 spiro atoms. The van der Waals surface area contributed by atoms with Gasteiger partial charge in [0.1, 0.15) is 11.8 Å². The maximum absolute atomic E-state index is 12.5. The zero-order valence-electron chi connectivity index (χ0n) is 19.0. The van der Waals surface area contributed by atoms with E-state index in [2.05, 4.69) is 10.3 Å². The standard InChI is InChI=1S/C23H25N5O5/c1-12-18(21(24)29)19(14-10-16(31-3)20(33-5)17(11-14)32-4)28-23(25-12)26-22(27-28)13-6-8-15(30-2)9-7-13/h6-11,19H,1-5H3,(H2,24,29)(H,25,26,27)/t19-/m1/s1. The number of methoxy groups -OCH3 is 4. The van der Waals surface area contributed by atoms with E-state index in [0.29, 0.717) is 45.9 Å². The number of amides is 1. The van der Waals surface area contributed by atoms with Crippen molar-refractivity contribution in [3.63, 3.8) is 0 Å². The number of carbonyl (C=O) groups excluding carboxylic acids is 1. The van der Waals surface area contributed by atoms with Gasteiger partial charge in [0.05, 0.1) is 34.0 Å². The molecule has 33 heavy (non-hydrogen) atoms. The number of carbonyl (C=O) groups is 1. The molecule has 0 saturated carbocycles. The van der Waals surface area contributed by atoms with Crippen LogP contribution >= 0.6 is 0 Å². The summed E-state index contributed by atoms with van der Waals surface area (Å²) in [5, 5.41) is 7.84. The fourth-order valence-electron chi connectivity index (χ4n) is 3.90. The van der Waals surface area contributed by atoms with Crippen LogP contribution in [0.3, 0.4) is 0 Å². The van der Waals surface area contributed by atoms with Gasteiger partial charge in [-0.15, -0.1) is 5.10 Å². The highest BCUT2D eigenvalue weighted by atomic mass is 16.5. The lowest BCUT2D eigenvalue weighted by atomic mass is 9.94. The van der Waals surface area contributed by atoms with E-state index in [4.69, 9.17) is 29.8 Å². The number of anilines is 1. The van der Waals surface area contributed by atoms with Gasteiger partial charge in [0, 0.05) is 11.3 Å². The first kappa shape index (κ1) is 22.0. The van der Waals surface area contributed by atoms with Gasteiger partial charge in [0.2, 0.25) is 17.6 Å². The highest BCUT2D eigenvalue weighted by molar-refractivity contribution is 5.95. The van der Waals surface area contributed by atoms with E-state index in [0.717, 1.165) is 11.3 Å². The van der Waals surface area contributed by atoms with Crippen molar-refractivity contribution in [1.82, 2.24) is 14.8 Å². The van der Waals surface area contributed by atoms with Gasteiger partial charge in [-0.05, 0) is 48.9 Å². The third-order valence-corrected chi connectivity index (χ3v) is 5.47. The van der Waals surface area contributed by atoms with Crippen molar-refractivity contribution < 1.29 is 23.7 Å². The largest absolute Gasteiger partial charge is 0.497 e. The second-order valence-electron chi connectivity index (χ2n) is 7.32. The first-order valence-electron chi connectivity index (χ1n) is 10.1. The molecular formula is C23H25N5O5. The predicted octanol–water partition coefficient (Wildman–Crippen LogP) is 2.75. The van der Waals surface area contributed by atoms with Crippen molar-refractivity contribution in [1.29, 1.82) is 0 Å². The Kier molecular flexibility index (Phi) is 5.82. The number of nitrogens with zero attached hydrogens (tertiary/aromatic N) is 3. The Morgan fingerprint density at radius 1 is 1.00 bits per heavy atom. The average molecular weight is 451 g/mol.